The molecule has 0 radical (unpaired) electrons. The average molecular weight is 418 g/mol. The highest BCUT2D eigenvalue weighted by Crippen LogP contribution is 2.30. The summed E-state index contributed by atoms with van der Waals surface area (Å²) < 4.78 is 46.0. The summed E-state index contributed by atoms with van der Waals surface area (Å²) in [5.74, 6) is 0.182. The Morgan fingerprint density at radius 2 is 2.07 bits per heavy atom. The molecule has 154 valence electrons. The van der Waals surface area contributed by atoms with Gasteiger partial charge in [-0.1, -0.05) is 11.2 Å². The fourth-order valence-electron chi connectivity index (χ4n) is 2.83. The van der Waals surface area contributed by atoms with Crippen LogP contribution in [0.25, 0.3) is 16.7 Å². The summed E-state index contributed by atoms with van der Waals surface area (Å²) in [6, 6.07) is 6.02. The van der Waals surface area contributed by atoms with Gasteiger partial charge in [0.15, 0.2) is 11.5 Å². The number of fused-ring (bicyclic) bond motifs is 1. The molecule has 3 heterocycles. The van der Waals surface area contributed by atoms with Crippen molar-refractivity contribution in [3.05, 3.63) is 64.5 Å². The molecule has 3 aromatic heterocycles. The molecule has 30 heavy (non-hydrogen) atoms. The van der Waals surface area contributed by atoms with Gasteiger partial charge >= 0.3 is 6.18 Å². The number of aromatic nitrogens is 5. The Balaban J connectivity index is 1.64. The standard InChI is InChI=1S/C18H13F3N6O3/c1-10-5-14(25-30-10)24-15(28)8-26-9-22-16-13(17(26)29)7-23-27(16)12-4-2-3-11(6-12)18(19,20)21/h2-7,9H,8H2,1H3,(H,24,25,28). The number of carbonyl (C=O) groups is 1. The maximum atomic E-state index is 13.0. The van der Waals surface area contributed by atoms with Gasteiger partial charge in [-0.3, -0.25) is 14.2 Å². The Hall–Kier alpha value is -3.96. The molecule has 0 saturated heterocycles. The van der Waals surface area contributed by atoms with Crippen LogP contribution in [-0.4, -0.2) is 30.4 Å². The zero-order valence-electron chi connectivity index (χ0n) is 15.3. The molecule has 0 unspecified atom stereocenters. The number of anilines is 1. The quantitative estimate of drug-likeness (QED) is 0.546. The number of rotatable bonds is 4. The maximum absolute atomic E-state index is 13.0. The van der Waals surface area contributed by atoms with Crippen molar-refractivity contribution in [1.82, 2.24) is 24.5 Å². The Kier molecular flexibility index (Phi) is 4.60. The van der Waals surface area contributed by atoms with Gasteiger partial charge in [0.1, 0.15) is 24.0 Å². The van der Waals surface area contributed by atoms with Crippen molar-refractivity contribution in [2.45, 2.75) is 19.6 Å². The van der Waals surface area contributed by atoms with Crippen LogP contribution in [0.2, 0.25) is 0 Å². The van der Waals surface area contributed by atoms with Crippen LogP contribution in [0.5, 0.6) is 0 Å². The summed E-state index contributed by atoms with van der Waals surface area (Å²) in [6.45, 7) is 1.31. The van der Waals surface area contributed by atoms with Gasteiger partial charge in [0.25, 0.3) is 5.56 Å². The molecule has 0 fully saturated rings. The van der Waals surface area contributed by atoms with Gasteiger partial charge in [0, 0.05) is 6.07 Å². The van der Waals surface area contributed by atoms with Crippen molar-refractivity contribution in [3.8, 4) is 5.69 Å². The topological polar surface area (TPSA) is 108 Å². The minimum absolute atomic E-state index is 0.0555. The minimum atomic E-state index is -4.52. The number of carbonyl (C=O) groups excluding carboxylic acids is 1. The van der Waals surface area contributed by atoms with E-state index in [0.29, 0.717) is 5.76 Å². The first kappa shape index (κ1) is 19.4. The highest BCUT2D eigenvalue weighted by atomic mass is 19.4. The van der Waals surface area contributed by atoms with E-state index in [2.05, 4.69) is 20.6 Å². The molecule has 0 spiro atoms. The molecule has 0 aliphatic carbocycles. The van der Waals surface area contributed by atoms with E-state index in [0.717, 1.165) is 27.7 Å². The average Bonchev–Trinajstić information content (AvgIpc) is 3.30. The van der Waals surface area contributed by atoms with Crippen LogP contribution in [0.1, 0.15) is 11.3 Å². The van der Waals surface area contributed by atoms with E-state index in [1.54, 1.807) is 6.92 Å². The molecule has 1 N–H and O–H groups in total. The molecular formula is C18H13F3N6O3. The summed E-state index contributed by atoms with van der Waals surface area (Å²) in [7, 11) is 0. The first-order valence-corrected chi connectivity index (χ1v) is 8.56. The van der Waals surface area contributed by atoms with Crippen LogP contribution >= 0.6 is 0 Å². The highest BCUT2D eigenvalue weighted by molar-refractivity contribution is 5.89. The normalized spacial score (nSPS) is 11.7. The fourth-order valence-corrected chi connectivity index (χ4v) is 2.83. The van der Waals surface area contributed by atoms with Crippen molar-refractivity contribution in [2.75, 3.05) is 5.32 Å². The summed E-state index contributed by atoms with van der Waals surface area (Å²) in [6.07, 6.45) is -2.20. The zero-order valence-corrected chi connectivity index (χ0v) is 15.3. The van der Waals surface area contributed by atoms with E-state index in [1.807, 2.05) is 0 Å². The molecule has 0 atom stereocenters. The molecule has 4 aromatic rings. The van der Waals surface area contributed by atoms with E-state index in [-0.39, 0.29) is 29.1 Å². The van der Waals surface area contributed by atoms with Crippen molar-refractivity contribution >= 4 is 22.8 Å². The summed E-state index contributed by atoms with van der Waals surface area (Å²) >= 11 is 0. The monoisotopic (exact) mass is 418 g/mol. The molecule has 0 aliphatic rings. The predicted molar refractivity (Wildman–Crippen MR) is 98.0 cm³/mol. The number of aryl methyl sites for hydroxylation is 1. The molecular weight excluding hydrogens is 405 g/mol. The number of hydrogen-bond acceptors (Lipinski definition) is 6. The largest absolute Gasteiger partial charge is 0.416 e. The van der Waals surface area contributed by atoms with Crippen molar-refractivity contribution in [2.24, 2.45) is 0 Å². The van der Waals surface area contributed by atoms with Gasteiger partial charge in [-0.05, 0) is 25.1 Å². The number of nitrogens with zero attached hydrogens (tertiary/aromatic N) is 5. The molecule has 1 amide bonds. The smallest absolute Gasteiger partial charge is 0.360 e. The number of alkyl halides is 3. The van der Waals surface area contributed by atoms with Crippen LogP contribution in [-0.2, 0) is 17.5 Å². The van der Waals surface area contributed by atoms with Crippen LogP contribution in [0.15, 0.2) is 52.2 Å². The number of nitrogens with one attached hydrogen (secondary N) is 1. The highest BCUT2D eigenvalue weighted by Gasteiger charge is 2.30. The third kappa shape index (κ3) is 3.66. The second-order valence-corrected chi connectivity index (χ2v) is 6.39. The number of halogens is 3. The Morgan fingerprint density at radius 1 is 1.27 bits per heavy atom. The van der Waals surface area contributed by atoms with Gasteiger partial charge in [-0.2, -0.15) is 18.3 Å². The van der Waals surface area contributed by atoms with Crippen LogP contribution in [0.4, 0.5) is 19.0 Å². The van der Waals surface area contributed by atoms with Gasteiger partial charge < -0.3 is 9.84 Å². The molecule has 9 nitrogen and oxygen atoms in total. The van der Waals surface area contributed by atoms with Gasteiger partial charge in [-0.15, -0.1) is 0 Å². The molecule has 0 saturated carbocycles. The summed E-state index contributed by atoms with van der Waals surface area (Å²) in [4.78, 5) is 28.9. The lowest BCUT2D eigenvalue weighted by molar-refractivity contribution is -0.137. The third-order valence-corrected chi connectivity index (χ3v) is 4.18. The lowest BCUT2D eigenvalue weighted by Gasteiger charge is -2.09. The first-order valence-electron chi connectivity index (χ1n) is 8.56. The predicted octanol–water partition coefficient (Wildman–Crippen LogP) is 2.54. The third-order valence-electron chi connectivity index (χ3n) is 4.18. The van der Waals surface area contributed by atoms with Crippen molar-refractivity contribution < 1.29 is 22.5 Å². The van der Waals surface area contributed by atoms with Crippen LogP contribution in [0.3, 0.4) is 0 Å². The Labute approximate surface area is 165 Å². The zero-order chi connectivity index (χ0) is 21.5. The summed E-state index contributed by atoms with van der Waals surface area (Å²) in [5, 5.41) is 10.2. The van der Waals surface area contributed by atoms with Crippen LogP contribution in [0, 0.1) is 6.92 Å². The second kappa shape index (κ2) is 7.13. The number of amides is 1. The van der Waals surface area contributed by atoms with E-state index in [9.17, 15) is 22.8 Å². The van der Waals surface area contributed by atoms with E-state index in [1.165, 1.54) is 24.4 Å². The molecule has 0 aliphatic heterocycles. The van der Waals surface area contributed by atoms with E-state index < -0.39 is 23.2 Å². The van der Waals surface area contributed by atoms with E-state index in [4.69, 9.17) is 4.52 Å². The molecule has 0 bridgehead atoms. The van der Waals surface area contributed by atoms with Crippen molar-refractivity contribution in [1.29, 1.82) is 0 Å². The van der Waals surface area contributed by atoms with Gasteiger partial charge in [-0.25, -0.2) is 9.67 Å². The lowest BCUT2D eigenvalue weighted by Crippen LogP contribution is -2.28. The Morgan fingerprint density at radius 3 is 2.77 bits per heavy atom. The maximum Gasteiger partial charge on any atom is 0.416 e. The van der Waals surface area contributed by atoms with E-state index >= 15 is 0 Å². The summed E-state index contributed by atoms with van der Waals surface area (Å²) in [5.41, 5.74) is -1.24. The van der Waals surface area contributed by atoms with Crippen LogP contribution < -0.4 is 10.9 Å². The second-order valence-electron chi connectivity index (χ2n) is 6.39. The molecule has 12 heteroatoms. The molecule has 4 rings (SSSR count). The molecule has 1 aromatic carbocycles. The first-order chi connectivity index (χ1) is 14.2. The minimum Gasteiger partial charge on any atom is -0.360 e. The SMILES string of the molecule is Cc1cc(NC(=O)Cn2cnc3c(cnn3-c3cccc(C(F)(F)F)c3)c2=O)no1. The Bertz CT molecular complexity index is 1300. The van der Waals surface area contributed by atoms with Crippen molar-refractivity contribution in [3.63, 3.8) is 0 Å². The lowest BCUT2D eigenvalue weighted by atomic mass is 10.2. The fraction of sp³-hybridized carbons (Fsp3) is 0.167. The number of benzene rings is 1. The van der Waals surface area contributed by atoms with Gasteiger partial charge in [0.2, 0.25) is 5.91 Å². The number of hydrogen-bond donors (Lipinski definition) is 1. The van der Waals surface area contributed by atoms with Gasteiger partial charge in [0.05, 0.1) is 17.4 Å².